The number of nitrogen functional groups attached to an aromatic ring is 2. The third kappa shape index (κ3) is 3.81. The van der Waals surface area contributed by atoms with Crippen LogP contribution in [0, 0.1) is 0 Å². The van der Waals surface area contributed by atoms with E-state index in [4.69, 9.17) is 23.1 Å². The zero-order chi connectivity index (χ0) is 19.0. The standard InChI is InChI=1S/C17H12ClN5OS3/c18-12-5-4-11(26-12)15(24)21-9-3-1-2-8(6-9)10-7-25-16(22-10)13-14(19)23-17(20)27-13/h1-7H,19H2,(H2,20,23)(H,21,24). The first-order valence-corrected chi connectivity index (χ1v) is 10.5. The molecular formula is C17H12ClN5OS3. The lowest BCUT2D eigenvalue weighted by Gasteiger charge is -2.05. The van der Waals surface area contributed by atoms with Gasteiger partial charge in [-0.15, -0.1) is 22.7 Å². The predicted molar refractivity (Wildman–Crippen MR) is 115 cm³/mol. The molecule has 136 valence electrons. The van der Waals surface area contributed by atoms with Crippen molar-refractivity contribution >= 4 is 68.2 Å². The topological polar surface area (TPSA) is 107 Å². The minimum atomic E-state index is -0.198. The SMILES string of the molecule is Nc1nc(N)c(-c2nc(-c3cccc(NC(=O)c4ccc(Cl)s4)c3)cs2)s1. The third-order valence-electron chi connectivity index (χ3n) is 3.58. The van der Waals surface area contributed by atoms with E-state index in [0.29, 0.717) is 25.9 Å². The summed E-state index contributed by atoms with van der Waals surface area (Å²) in [6.07, 6.45) is 0. The molecule has 4 aromatic rings. The quantitative estimate of drug-likeness (QED) is 0.416. The van der Waals surface area contributed by atoms with E-state index in [1.54, 1.807) is 12.1 Å². The van der Waals surface area contributed by atoms with Crippen LogP contribution in [0.2, 0.25) is 4.34 Å². The summed E-state index contributed by atoms with van der Waals surface area (Å²) in [7, 11) is 0. The van der Waals surface area contributed by atoms with Crippen LogP contribution in [0.4, 0.5) is 16.6 Å². The molecule has 0 bridgehead atoms. The lowest BCUT2D eigenvalue weighted by Crippen LogP contribution is -2.09. The highest BCUT2D eigenvalue weighted by molar-refractivity contribution is 7.23. The number of aromatic nitrogens is 2. The smallest absolute Gasteiger partial charge is 0.265 e. The average molecular weight is 434 g/mol. The maximum atomic E-state index is 12.3. The Morgan fingerprint density at radius 3 is 2.67 bits per heavy atom. The molecule has 0 aliphatic carbocycles. The van der Waals surface area contributed by atoms with Crippen LogP contribution in [0.1, 0.15) is 9.67 Å². The van der Waals surface area contributed by atoms with E-state index in [-0.39, 0.29) is 5.91 Å². The van der Waals surface area contributed by atoms with Gasteiger partial charge in [0.05, 0.1) is 14.9 Å². The Kier molecular flexibility index (Phi) is 4.83. The summed E-state index contributed by atoms with van der Waals surface area (Å²) in [5, 5.41) is 5.99. The second kappa shape index (κ2) is 7.28. The number of thiophene rings is 1. The van der Waals surface area contributed by atoms with Gasteiger partial charge in [-0.1, -0.05) is 35.1 Å². The van der Waals surface area contributed by atoms with Crippen LogP contribution in [0.5, 0.6) is 0 Å². The number of thiazole rings is 2. The minimum Gasteiger partial charge on any atom is -0.382 e. The number of carbonyl (C=O) groups is 1. The Balaban J connectivity index is 1.58. The highest BCUT2D eigenvalue weighted by Crippen LogP contribution is 2.37. The normalized spacial score (nSPS) is 10.9. The van der Waals surface area contributed by atoms with E-state index in [1.165, 1.54) is 34.0 Å². The third-order valence-corrected chi connectivity index (χ3v) is 6.71. The van der Waals surface area contributed by atoms with E-state index in [9.17, 15) is 4.79 Å². The molecular weight excluding hydrogens is 422 g/mol. The van der Waals surface area contributed by atoms with E-state index in [0.717, 1.165) is 21.1 Å². The van der Waals surface area contributed by atoms with Crippen molar-refractivity contribution in [3.8, 4) is 21.1 Å². The highest BCUT2D eigenvalue weighted by Gasteiger charge is 2.14. The van der Waals surface area contributed by atoms with Crippen LogP contribution < -0.4 is 16.8 Å². The van der Waals surface area contributed by atoms with E-state index < -0.39 is 0 Å². The number of carbonyl (C=O) groups excluding carboxylic acids is 1. The molecule has 0 atom stereocenters. The van der Waals surface area contributed by atoms with Crippen LogP contribution >= 0.6 is 45.6 Å². The van der Waals surface area contributed by atoms with Crippen molar-refractivity contribution in [1.82, 2.24) is 9.97 Å². The van der Waals surface area contributed by atoms with Gasteiger partial charge in [-0.05, 0) is 24.3 Å². The summed E-state index contributed by atoms with van der Waals surface area (Å²) in [5.41, 5.74) is 13.9. The summed E-state index contributed by atoms with van der Waals surface area (Å²) < 4.78 is 0.576. The van der Waals surface area contributed by atoms with E-state index >= 15 is 0 Å². The number of anilines is 3. The number of amides is 1. The predicted octanol–water partition coefficient (Wildman–Crippen LogP) is 5.07. The van der Waals surface area contributed by atoms with Crippen molar-refractivity contribution in [2.24, 2.45) is 0 Å². The molecule has 4 rings (SSSR count). The second-order valence-corrected chi connectivity index (χ2v) is 9.05. The number of nitrogens with two attached hydrogens (primary N) is 2. The molecule has 1 aromatic carbocycles. The van der Waals surface area contributed by atoms with E-state index in [1.807, 2.05) is 29.6 Å². The van der Waals surface area contributed by atoms with Gasteiger partial charge in [0, 0.05) is 16.6 Å². The van der Waals surface area contributed by atoms with Crippen molar-refractivity contribution in [2.75, 3.05) is 16.8 Å². The average Bonchev–Trinajstić information content (AvgIpc) is 3.35. The van der Waals surface area contributed by atoms with Crippen molar-refractivity contribution < 1.29 is 4.79 Å². The molecule has 1 amide bonds. The zero-order valence-corrected chi connectivity index (χ0v) is 16.8. The number of hydrogen-bond donors (Lipinski definition) is 3. The van der Waals surface area contributed by atoms with Gasteiger partial charge in [0.2, 0.25) is 0 Å². The van der Waals surface area contributed by atoms with Crippen molar-refractivity contribution in [3.05, 3.63) is 51.0 Å². The van der Waals surface area contributed by atoms with Gasteiger partial charge in [-0.2, -0.15) is 0 Å². The fourth-order valence-electron chi connectivity index (χ4n) is 2.40. The first-order chi connectivity index (χ1) is 13.0. The summed E-state index contributed by atoms with van der Waals surface area (Å²) in [5.74, 6) is 0.185. The highest BCUT2D eigenvalue weighted by atomic mass is 35.5. The van der Waals surface area contributed by atoms with Gasteiger partial charge in [0.15, 0.2) is 5.13 Å². The molecule has 10 heteroatoms. The zero-order valence-electron chi connectivity index (χ0n) is 13.6. The fraction of sp³-hybridized carbons (Fsp3) is 0. The molecule has 3 heterocycles. The Morgan fingerprint density at radius 2 is 1.96 bits per heavy atom. The van der Waals surface area contributed by atoms with Gasteiger partial charge >= 0.3 is 0 Å². The van der Waals surface area contributed by atoms with Crippen molar-refractivity contribution in [1.29, 1.82) is 0 Å². The molecule has 0 aliphatic rings. The molecule has 3 aromatic heterocycles. The molecule has 0 saturated carbocycles. The van der Waals surface area contributed by atoms with Crippen LogP contribution in [0.25, 0.3) is 21.1 Å². The fourth-order valence-corrected chi connectivity index (χ4v) is 5.02. The molecule has 0 fully saturated rings. The number of hydrogen-bond acceptors (Lipinski definition) is 8. The maximum Gasteiger partial charge on any atom is 0.265 e. The lowest BCUT2D eigenvalue weighted by atomic mass is 10.1. The molecule has 0 unspecified atom stereocenters. The molecule has 0 spiro atoms. The number of nitrogens with one attached hydrogen (secondary N) is 1. The van der Waals surface area contributed by atoms with Crippen LogP contribution in [-0.4, -0.2) is 15.9 Å². The molecule has 0 saturated heterocycles. The van der Waals surface area contributed by atoms with Crippen molar-refractivity contribution in [3.63, 3.8) is 0 Å². The summed E-state index contributed by atoms with van der Waals surface area (Å²) in [6, 6.07) is 10.9. The number of halogens is 1. The monoisotopic (exact) mass is 433 g/mol. The number of rotatable bonds is 4. The molecule has 0 aliphatic heterocycles. The summed E-state index contributed by atoms with van der Waals surface area (Å²) in [4.78, 5) is 22.3. The Morgan fingerprint density at radius 1 is 1.11 bits per heavy atom. The second-order valence-electron chi connectivity index (χ2n) is 5.44. The molecule has 27 heavy (non-hydrogen) atoms. The lowest BCUT2D eigenvalue weighted by molar-refractivity contribution is 0.103. The Hall–Kier alpha value is -2.46. The maximum absolute atomic E-state index is 12.3. The van der Waals surface area contributed by atoms with Gasteiger partial charge in [0.25, 0.3) is 5.91 Å². The summed E-state index contributed by atoms with van der Waals surface area (Å²) >= 11 is 9.90. The number of nitrogens with zero attached hydrogens (tertiary/aromatic N) is 2. The van der Waals surface area contributed by atoms with Gasteiger partial charge in [0.1, 0.15) is 15.7 Å². The summed E-state index contributed by atoms with van der Waals surface area (Å²) in [6.45, 7) is 0. The van der Waals surface area contributed by atoms with Gasteiger partial charge in [-0.25, -0.2) is 9.97 Å². The Labute approximate surface area is 171 Å². The van der Waals surface area contributed by atoms with Crippen LogP contribution in [0.3, 0.4) is 0 Å². The number of benzene rings is 1. The minimum absolute atomic E-state index is 0.198. The van der Waals surface area contributed by atoms with Gasteiger partial charge in [-0.3, -0.25) is 4.79 Å². The molecule has 0 radical (unpaired) electrons. The van der Waals surface area contributed by atoms with Crippen LogP contribution in [0.15, 0.2) is 41.8 Å². The van der Waals surface area contributed by atoms with Crippen LogP contribution in [-0.2, 0) is 0 Å². The van der Waals surface area contributed by atoms with Crippen molar-refractivity contribution in [2.45, 2.75) is 0 Å². The first kappa shape index (κ1) is 17.9. The first-order valence-electron chi connectivity index (χ1n) is 7.64. The Bertz CT molecular complexity index is 1130. The largest absolute Gasteiger partial charge is 0.382 e. The van der Waals surface area contributed by atoms with E-state index in [2.05, 4.69) is 15.3 Å². The molecule has 5 N–H and O–H groups in total. The van der Waals surface area contributed by atoms with Gasteiger partial charge < -0.3 is 16.8 Å². The molecule has 6 nitrogen and oxygen atoms in total.